The van der Waals surface area contributed by atoms with E-state index in [1.165, 1.54) is 26.5 Å². The van der Waals surface area contributed by atoms with E-state index in [-0.39, 0.29) is 24.0 Å². The molecule has 0 bridgehead atoms. The molecule has 5 aliphatic rings. The molecule has 4 unspecified atom stereocenters. The van der Waals surface area contributed by atoms with Crippen LogP contribution in [0.15, 0.2) is 244 Å². The van der Waals surface area contributed by atoms with Crippen molar-refractivity contribution in [3.8, 4) is 0 Å². The summed E-state index contributed by atoms with van der Waals surface area (Å²) in [5.74, 6) is 3.32. The molecule has 9 nitrogen and oxygen atoms in total. The van der Waals surface area contributed by atoms with Crippen LogP contribution < -0.4 is 0 Å². The first-order valence-corrected chi connectivity index (χ1v) is 28.7. The normalized spacial score (nSPS) is 18.7. The van der Waals surface area contributed by atoms with Crippen LogP contribution in [-0.2, 0) is 36.9 Å². The number of fused-ring (bicyclic) bond motifs is 6. The molecule has 0 N–H and O–H groups in total. The van der Waals surface area contributed by atoms with Crippen LogP contribution in [0.2, 0.25) is 0 Å². The first-order chi connectivity index (χ1) is 38.3. The molecular weight excluding hydrogens is 1000 g/mol. The Morgan fingerprint density at radius 2 is 0.821 bits per heavy atom. The number of hydrogen-bond donors (Lipinski definition) is 0. The quantitative estimate of drug-likeness (QED) is 0.119. The van der Waals surface area contributed by atoms with Crippen molar-refractivity contribution in [3.63, 3.8) is 0 Å². The van der Waals surface area contributed by atoms with Gasteiger partial charge in [-0.05, 0) is 79.1 Å². The Bertz CT molecular complexity index is 3230. The highest BCUT2D eigenvalue weighted by Crippen LogP contribution is 2.39. The van der Waals surface area contributed by atoms with Crippen LogP contribution in [0.25, 0.3) is 0 Å². The number of nitrogens with zero attached hydrogens (tertiary/aromatic N) is 4. The number of rotatable bonds is 11. The third-order valence-electron chi connectivity index (χ3n) is 14.1. The van der Waals surface area contributed by atoms with Gasteiger partial charge >= 0.3 is 0 Å². The van der Waals surface area contributed by atoms with Gasteiger partial charge in [0.1, 0.15) is 0 Å². The largest absolute Gasteiger partial charge is 0.466 e. The van der Waals surface area contributed by atoms with Crippen molar-refractivity contribution in [2.45, 2.75) is 66.9 Å². The van der Waals surface area contributed by atoms with Crippen LogP contribution in [0.4, 0.5) is 0 Å². The van der Waals surface area contributed by atoms with Crippen molar-refractivity contribution in [2.24, 2.45) is 9.98 Å². The molecule has 8 aromatic rings. The van der Waals surface area contributed by atoms with Crippen LogP contribution in [0.3, 0.4) is 0 Å². The summed E-state index contributed by atoms with van der Waals surface area (Å²) in [5, 5.41) is 0. The summed E-state index contributed by atoms with van der Waals surface area (Å²) in [4.78, 5) is 42.9. The van der Waals surface area contributed by atoms with Crippen LogP contribution >= 0.6 is 23.5 Å². The summed E-state index contributed by atoms with van der Waals surface area (Å²) in [5.41, 5.74) is 10.1. The number of ether oxygens (including phenoxy) is 3. The van der Waals surface area contributed by atoms with Gasteiger partial charge in [-0.1, -0.05) is 187 Å². The van der Waals surface area contributed by atoms with Crippen LogP contribution in [-0.4, -0.2) is 83.3 Å². The molecule has 1 fully saturated rings. The standard InChI is InChI=1S/C28H26N2O3S.C25H22N2O2S.2C7H8/c31-28-25-26(33-27(29-25)20-12-10-19(11-13-20)22-17-32-18-22)24-9-5-4-6-21(24)16-30(28)14-15-34-23-7-2-1-3-8-23;28-25-22-23(29-24(26-22)18-9-3-1-4-10-18)21-14-8-7-11-19(21)17-27(25)15-16-30-20-12-5-2-6-13-20;2*1-7-5-3-2-4-6-7/h1-13,22,25-26H,14-18H2;1-14,22-23H,15-17H2;2*2-6H,1H3. The van der Waals surface area contributed by atoms with Crippen LogP contribution in [0.1, 0.15) is 68.2 Å². The molecule has 4 atom stereocenters. The Morgan fingerprint density at radius 3 is 1.21 bits per heavy atom. The van der Waals surface area contributed by atoms with Gasteiger partial charge in [0.15, 0.2) is 24.3 Å². The van der Waals surface area contributed by atoms with E-state index >= 15 is 0 Å². The maximum absolute atomic E-state index is 13.6. The summed E-state index contributed by atoms with van der Waals surface area (Å²) in [7, 11) is 0. The van der Waals surface area contributed by atoms with E-state index in [0.717, 1.165) is 58.1 Å². The van der Waals surface area contributed by atoms with Gasteiger partial charge in [0.25, 0.3) is 11.8 Å². The number of carbonyl (C=O) groups is 2. The third kappa shape index (κ3) is 13.7. The summed E-state index contributed by atoms with van der Waals surface area (Å²) in [6, 6.07) is 74.5. The zero-order valence-electron chi connectivity index (χ0n) is 44.1. The SMILES string of the molecule is Cc1ccccc1.Cc1ccccc1.O=C1C2N=C(c3ccc(C4COC4)cc3)OC2c2ccccc2CN1CCSc1ccccc1.O=C1C2N=C(c3ccccc3)OC2c2ccccc2CN1CCSc1ccccc1. The number of amides is 2. The molecule has 0 saturated carbocycles. The van der Waals surface area contributed by atoms with Crippen molar-refractivity contribution in [2.75, 3.05) is 37.8 Å². The van der Waals surface area contributed by atoms with E-state index in [0.29, 0.717) is 43.9 Å². The molecule has 2 amide bonds. The van der Waals surface area contributed by atoms with E-state index in [4.69, 9.17) is 24.2 Å². The average Bonchev–Trinajstić information content (AvgIpc) is 4.17. The van der Waals surface area contributed by atoms with Crippen molar-refractivity contribution in [3.05, 3.63) is 275 Å². The number of hydrogen-bond acceptors (Lipinski definition) is 9. The fourth-order valence-electron chi connectivity index (χ4n) is 9.73. The Labute approximate surface area is 467 Å². The number of thioether (sulfide) groups is 2. The molecule has 0 spiro atoms. The van der Waals surface area contributed by atoms with Gasteiger partial charge in [0.2, 0.25) is 11.8 Å². The minimum atomic E-state index is -0.555. The fraction of sp³-hybridized carbons (Fsp3) is 0.224. The smallest absolute Gasteiger partial charge is 0.252 e. The number of aliphatic imine (C=N–C) groups is 2. The number of aryl methyl sites for hydroxylation is 2. The molecule has 13 rings (SSSR count). The summed E-state index contributed by atoms with van der Waals surface area (Å²) in [6.45, 7) is 8.25. The Morgan fingerprint density at radius 1 is 0.449 bits per heavy atom. The minimum absolute atomic E-state index is 0.0353. The second-order valence-corrected chi connectivity index (χ2v) is 21.9. The molecular formula is C67H64N4O5S2. The average molecular weight is 1070 g/mol. The maximum Gasteiger partial charge on any atom is 0.252 e. The molecule has 0 radical (unpaired) electrons. The lowest BCUT2D eigenvalue weighted by Gasteiger charge is -2.26. The van der Waals surface area contributed by atoms with Gasteiger partial charge in [-0.25, -0.2) is 9.98 Å². The second kappa shape index (κ2) is 26.6. The minimum Gasteiger partial charge on any atom is -0.466 e. The lowest BCUT2D eigenvalue weighted by Crippen LogP contribution is -2.38. The molecule has 11 heteroatoms. The fourth-order valence-corrected chi connectivity index (χ4v) is 11.5. The Kier molecular flexibility index (Phi) is 18.3. The van der Waals surface area contributed by atoms with Crippen LogP contribution in [0.5, 0.6) is 0 Å². The first kappa shape index (κ1) is 53.7. The van der Waals surface area contributed by atoms with Crippen molar-refractivity contribution >= 4 is 47.1 Å². The monoisotopic (exact) mass is 1070 g/mol. The summed E-state index contributed by atoms with van der Waals surface area (Å²) in [6.07, 6.45) is -0.749. The van der Waals surface area contributed by atoms with Crippen molar-refractivity contribution in [1.82, 2.24) is 9.80 Å². The summed E-state index contributed by atoms with van der Waals surface area (Å²) >= 11 is 3.53. The highest BCUT2D eigenvalue weighted by molar-refractivity contribution is 7.99. The first-order valence-electron chi connectivity index (χ1n) is 26.7. The van der Waals surface area contributed by atoms with E-state index < -0.39 is 12.1 Å². The highest BCUT2D eigenvalue weighted by Gasteiger charge is 2.45. The lowest BCUT2D eigenvalue weighted by atomic mass is 9.97. The Hall–Kier alpha value is -7.70. The van der Waals surface area contributed by atoms with E-state index in [1.807, 2.05) is 149 Å². The topological polar surface area (TPSA) is 93.0 Å². The van der Waals surface area contributed by atoms with Gasteiger partial charge in [-0.2, -0.15) is 0 Å². The summed E-state index contributed by atoms with van der Waals surface area (Å²) < 4.78 is 17.9. The number of benzene rings is 8. The Balaban J connectivity index is 0.000000142. The molecule has 5 heterocycles. The highest BCUT2D eigenvalue weighted by atomic mass is 32.2. The molecule has 5 aliphatic heterocycles. The lowest BCUT2D eigenvalue weighted by molar-refractivity contribution is -0.134. The van der Waals surface area contributed by atoms with E-state index in [2.05, 4.69) is 98.8 Å². The molecule has 394 valence electrons. The van der Waals surface area contributed by atoms with Crippen molar-refractivity contribution in [1.29, 1.82) is 0 Å². The van der Waals surface area contributed by atoms with Gasteiger partial charge in [0.05, 0.1) is 13.2 Å². The molecule has 8 aromatic carbocycles. The van der Waals surface area contributed by atoms with Gasteiger partial charge in [0, 0.05) is 75.6 Å². The second-order valence-electron chi connectivity index (χ2n) is 19.6. The van der Waals surface area contributed by atoms with Gasteiger partial charge in [-0.3, -0.25) is 9.59 Å². The predicted molar refractivity (Wildman–Crippen MR) is 315 cm³/mol. The predicted octanol–water partition coefficient (Wildman–Crippen LogP) is 13.5. The van der Waals surface area contributed by atoms with Crippen molar-refractivity contribution < 1.29 is 23.8 Å². The third-order valence-corrected chi connectivity index (χ3v) is 16.0. The molecule has 78 heavy (non-hydrogen) atoms. The van der Waals surface area contributed by atoms with E-state index in [1.54, 1.807) is 23.5 Å². The van der Waals surface area contributed by atoms with Gasteiger partial charge < -0.3 is 24.0 Å². The zero-order chi connectivity index (χ0) is 53.5. The molecule has 1 saturated heterocycles. The number of carbonyl (C=O) groups excluding carboxylic acids is 2. The van der Waals surface area contributed by atoms with Crippen LogP contribution in [0, 0.1) is 13.8 Å². The molecule has 0 aliphatic carbocycles. The van der Waals surface area contributed by atoms with E-state index in [9.17, 15) is 9.59 Å². The maximum atomic E-state index is 13.6. The zero-order valence-corrected chi connectivity index (χ0v) is 45.7. The molecule has 0 aromatic heterocycles. The van der Waals surface area contributed by atoms with Gasteiger partial charge in [-0.15, -0.1) is 23.5 Å².